The standard InChI is InChI=1S/C16H22N2O4/c1-10-4-6-13(7-5-10)8-14(16(21)22)9-17-15(20)11(2)18-12(3)19/h4-7,11,14H,8-9H2,1-3H3,(H,17,20)(H,18,19)(H,21,22)/t11-,14+/m1/s1. The molecule has 6 nitrogen and oxygen atoms in total. The van der Waals surface area contributed by atoms with Crippen LogP contribution in [0.1, 0.15) is 25.0 Å². The van der Waals surface area contributed by atoms with Crippen LogP contribution in [0.15, 0.2) is 24.3 Å². The quantitative estimate of drug-likeness (QED) is 0.697. The highest BCUT2D eigenvalue weighted by Crippen LogP contribution is 2.10. The maximum Gasteiger partial charge on any atom is 0.308 e. The van der Waals surface area contributed by atoms with Gasteiger partial charge in [-0.2, -0.15) is 0 Å². The highest BCUT2D eigenvalue weighted by Gasteiger charge is 2.21. The van der Waals surface area contributed by atoms with Crippen LogP contribution in [0.2, 0.25) is 0 Å². The first-order valence-corrected chi connectivity index (χ1v) is 7.12. The van der Waals surface area contributed by atoms with E-state index in [1.807, 2.05) is 31.2 Å². The number of amides is 2. The summed E-state index contributed by atoms with van der Waals surface area (Å²) in [5.41, 5.74) is 2.01. The summed E-state index contributed by atoms with van der Waals surface area (Å²) in [7, 11) is 0. The number of benzene rings is 1. The van der Waals surface area contributed by atoms with Gasteiger partial charge in [-0.3, -0.25) is 14.4 Å². The Morgan fingerprint density at radius 3 is 2.27 bits per heavy atom. The van der Waals surface area contributed by atoms with E-state index in [-0.39, 0.29) is 12.5 Å². The zero-order chi connectivity index (χ0) is 16.7. The van der Waals surface area contributed by atoms with Crippen LogP contribution < -0.4 is 10.6 Å². The smallest absolute Gasteiger partial charge is 0.308 e. The van der Waals surface area contributed by atoms with Gasteiger partial charge in [0.1, 0.15) is 6.04 Å². The fourth-order valence-electron chi connectivity index (χ4n) is 2.00. The predicted molar refractivity (Wildman–Crippen MR) is 82.3 cm³/mol. The summed E-state index contributed by atoms with van der Waals surface area (Å²) < 4.78 is 0. The van der Waals surface area contributed by atoms with Gasteiger partial charge in [-0.25, -0.2) is 0 Å². The molecule has 2 amide bonds. The molecule has 0 aliphatic rings. The summed E-state index contributed by atoms with van der Waals surface area (Å²) >= 11 is 0. The van der Waals surface area contributed by atoms with Crippen LogP contribution in [0.4, 0.5) is 0 Å². The van der Waals surface area contributed by atoms with E-state index in [1.54, 1.807) is 6.92 Å². The number of aliphatic carboxylic acids is 1. The van der Waals surface area contributed by atoms with Crippen molar-refractivity contribution in [3.8, 4) is 0 Å². The van der Waals surface area contributed by atoms with Gasteiger partial charge in [0.15, 0.2) is 0 Å². The minimum atomic E-state index is -0.965. The highest BCUT2D eigenvalue weighted by atomic mass is 16.4. The molecule has 0 saturated carbocycles. The van der Waals surface area contributed by atoms with E-state index < -0.39 is 23.8 Å². The summed E-state index contributed by atoms with van der Waals surface area (Å²) in [5, 5.41) is 14.3. The lowest BCUT2D eigenvalue weighted by molar-refractivity contribution is -0.141. The number of hydrogen-bond donors (Lipinski definition) is 3. The third-order valence-corrected chi connectivity index (χ3v) is 3.29. The first-order valence-electron chi connectivity index (χ1n) is 7.12. The number of nitrogens with one attached hydrogen (secondary N) is 2. The third-order valence-electron chi connectivity index (χ3n) is 3.29. The summed E-state index contributed by atoms with van der Waals surface area (Å²) in [4.78, 5) is 34.0. The molecule has 2 atom stereocenters. The first kappa shape index (κ1) is 17.7. The molecule has 0 fully saturated rings. The number of carbonyl (C=O) groups excluding carboxylic acids is 2. The van der Waals surface area contributed by atoms with Crippen molar-refractivity contribution in [1.29, 1.82) is 0 Å². The molecule has 0 saturated heterocycles. The van der Waals surface area contributed by atoms with E-state index in [0.717, 1.165) is 11.1 Å². The Balaban J connectivity index is 2.58. The van der Waals surface area contributed by atoms with Gasteiger partial charge in [0, 0.05) is 13.5 Å². The summed E-state index contributed by atoms with van der Waals surface area (Å²) in [6.07, 6.45) is 0.338. The number of carboxylic acid groups (broad SMARTS) is 1. The van der Waals surface area contributed by atoms with Crippen LogP contribution in [0.3, 0.4) is 0 Å². The second-order valence-corrected chi connectivity index (χ2v) is 5.39. The van der Waals surface area contributed by atoms with Crippen molar-refractivity contribution in [3.63, 3.8) is 0 Å². The van der Waals surface area contributed by atoms with Crippen molar-refractivity contribution in [3.05, 3.63) is 35.4 Å². The molecule has 22 heavy (non-hydrogen) atoms. The van der Waals surface area contributed by atoms with E-state index in [9.17, 15) is 19.5 Å². The number of carbonyl (C=O) groups is 3. The molecular formula is C16H22N2O4. The molecule has 0 heterocycles. The van der Waals surface area contributed by atoms with Crippen molar-refractivity contribution in [2.75, 3.05) is 6.54 Å². The Labute approximate surface area is 129 Å². The first-order chi connectivity index (χ1) is 10.3. The average Bonchev–Trinajstić information content (AvgIpc) is 2.44. The van der Waals surface area contributed by atoms with Gasteiger partial charge in [0.25, 0.3) is 0 Å². The Bertz CT molecular complexity index is 540. The Morgan fingerprint density at radius 1 is 1.18 bits per heavy atom. The molecule has 0 aliphatic heterocycles. The monoisotopic (exact) mass is 306 g/mol. The zero-order valence-electron chi connectivity index (χ0n) is 13.1. The van der Waals surface area contributed by atoms with Gasteiger partial charge < -0.3 is 15.7 Å². The lowest BCUT2D eigenvalue weighted by atomic mass is 9.98. The van der Waals surface area contributed by atoms with Crippen LogP contribution in [-0.2, 0) is 20.8 Å². The van der Waals surface area contributed by atoms with Crippen molar-refractivity contribution in [1.82, 2.24) is 10.6 Å². The second-order valence-electron chi connectivity index (χ2n) is 5.39. The summed E-state index contributed by atoms with van der Waals surface area (Å²) in [6.45, 7) is 4.85. The molecule has 0 aliphatic carbocycles. The van der Waals surface area contributed by atoms with Crippen molar-refractivity contribution >= 4 is 17.8 Å². The highest BCUT2D eigenvalue weighted by molar-refractivity contribution is 5.86. The number of hydrogen-bond acceptors (Lipinski definition) is 3. The molecule has 0 bridgehead atoms. The van der Waals surface area contributed by atoms with Gasteiger partial charge in [-0.1, -0.05) is 29.8 Å². The molecule has 3 N–H and O–H groups in total. The van der Waals surface area contributed by atoms with Gasteiger partial charge in [-0.15, -0.1) is 0 Å². The van der Waals surface area contributed by atoms with E-state index in [4.69, 9.17) is 0 Å². The lowest BCUT2D eigenvalue weighted by Gasteiger charge is -2.16. The third kappa shape index (κ3) is 5.95. The van der Waals surface area contributed by atoms with Crippen LogP contribution in [0, 0.1) is 12.8 Å². The summed E-state index contributed by atoms with van der Waals surface area (Å²) in [5.74, 6) is -2.38. The van der Waals surface area contributed by atoms with Crippen LogP contribution >= 0.6 is 0 Å². The maximum atomic E-state index is 11.8. The largest absolute Gasteiger partial charge is 0.481 e. The fourth-order valence-corrected chi connectivity index (χ4v) is 2.00. The maximum absolute atomic E-state index is 11.8. The molecule has 120 valence electrons. The normalized spacial score (nSPS) is 13.0. The van der Waals surface area contributed by atoms with Crippen molar-refractivity contribution in [2.24, 2.45) is 5.92 Å². The zero-order valence-corrected chi connectivity index (χ0v) is 13.1. The van der Waals surface area contributed by atoms with Crippen LogP contribution in [0.5, 0.6) is 0 Å². The molecule has 0 unspecified atom stereocenters. The Morgan fingerprint density at radius 2 is 1.77 bits per heavy atom. The molecule has 0 radical (unpaired) electrons. The van der Waals surface area contributed by atoms with Crippen molar-refractivity contribution < 1.29 is 19.5 Å². The van der Waals surface area contributed by atoms with Gasteiger partial charge in [0.05, 0.1) is 5.92 Å². The second kappa shape index (κ2) is 8.17. The van der Waals surface area contributed by atoms with Crippen LogP contribution in [0.25, 0.3) is 0 Å². The number of carboxylic acids is 1. The SMILES string of the molecule is CC(=O)N[C@H](C)C(=O)NC[C@H](Cc1ccc(C)cc1)C(=O)O. The van der Waals surface area contributed by atoms with Gasteiger partial charge in [-0.05, 0) is 25.8 Å². The van der Waals surface area contributed by atoms with Crippen LogP contribution in [-0.4, -0.2) is 35.5 Å². The fraction of sp³-hybridized carbons (Fsp3) is 0.438. The van der Waals surface area contributed by atoms with E-state index in [2.05, 4.69) is 10.6 Å². The van der Waals surface area contributed by atoms with E-state index in [0.29, 0.717) is 6.42 Å². The number of aryl methyl sites for hydroxylation is 1. The topological polar surface area (TPSA) is 95.5 Å². The predicted octanol–water partition coefficient (Wildman–Crippen LogP) is 0.879. The Hall–Kier alpha value is -2.37. The Kier molecular flexibility index (Phi) is 6.56. The average molecular weight is 306 g/mol. The van der Waals surface area contributed by atoms with Gasteiger partial charge in [0.2, 0.25) is 11.8 Å². The molecule has 6 heteroatoms. The van der Waals surface area contributed by atoms with E-state index >= 15 is 0 Å². The summed E-state index contributed by atoms with van der Waals surface area (Å²) in [6, 6.07) is 6.92. The van der Waals surface area contributed by atoms with Crippen molar-refractivity contribution in [2.45, 2.75) is 33.2 Å². The molecule has 0 aromatic heterocycles. The molecule has 1 rings (SSSR count). The van der Waals surface area contributed by atoms with E-state index in [1.165, 1.54) is 6.92 Å². The van der Waals surface area contributed by atoms with Gasteiger partial charge >= 0.3 is 5.97 Å². The lowest BCUT2D eigenvalue weighted by Crippen LogP contribution is -2.46. The molecule has 1 aromatic rings. The molecule has 0 spiro atoms. The molecule has 1 aromatic carbocycles. The molecular weight excluding hydrogens is 284 g/mol. The minimum absolute atomic E-state index is 0.0198. The number of rotatable bonds is 7. The minimum Gasteiger partial charge on any atom is -0.481 e.